The number of para-hydroxylation sites is 1. The highest BCUT2D eigenvalue weighted by molar-refractivity contribution is 6.30. The van der Waals surface area contributed by atoms with E-state index in [9.17, 15) is 13.6 Å². The van der Waals surface area contributed by atoms with Crippen LogP contribution < -0.4 is 15.2 Å². The molecule has 0 saturated carbocycles. The molecule has 212 valence electrons. The van der Waals surface area contributed by atoms with Gasteiger partial charge in [-0.1, -0.05) is 23.7 Å². The smallest absolute Gasteiger partial charge is 0.325 e. The van der Waals surface area contributed by atoms with Crippen molar-refractivity contribution in [2.24, 2.45) is 5.73 Å². The van der Waals surface area contributed by atoms with Crippen LogP contribution in [0.1, 0.15) is 35.3 Å². The van der Waals surface area contributed by atoms with Crippen LogP contribution in [0.2, 0.25) is 5.02 Å². The van der Waals surface area contributed by atoms with Gasteiger partial charge in [-0.2, -0.15) is 18.8 Å². The number of nitrogens with two attached hydrogens (primary N) is 1. The van der Waals surface area contributed by atoms with E-state index in [1.165, 1.54) is 39.7 Å². The number of methoxy groups -OCH3 is 3. The van der Waals surface area contributed by atoms with Gasteiger partial charge < -0.3 is 29.1 Å². The largest absolute Gasteiger partial charge is 0.493 e. The number of hydrogen-bond donors (Lipinski definition) is 2. The van der Waals surface area contributed by atoms with Gasteiger partial charge in [0.25, 0.3) is 0 Å². The number of benzene rings is 2. The average Bonchev–Trinajstić information content (AvgIpc) is 3.36. The summed E-state index contributed by atoms with van der Waals surface area (Å²) < 4.78 is 56.9. The number of nitrogens with zero attached hydrogens (tertiary/aromatic N) is 2. The number of carbonyl (C=O) groups excluding carboxylic acids is 1. The number of nitrogens with one attached hydrogen (secondary N) is 1. The summed E-state index contributed by atoms with van der Waals surface area (Å²) in [6.07, 6.45) is -3.43. The van der Waals surface area contributed by atoms with Gasteiger partial charge in [0.15, 0.2) is 23.5 Å². The van der Waals surface area contributed by atoms with Gasteiger partial charge in [-0.3, -0.25) is 4.79 Å². The number of aryl methyl sites for hydroxylation is 1. The van der Waals surface area contributed by atoms with Crippen molar-refractivity contribution in [3.63, 3.8) is 0 Å². The molecular weight excluding hydrogens is 550 g/mol. The highest BCUT2D eigenvalue weighted by atomic mass is 35.5. The summed E-state index contributed by atoms with van der Waals surface area (Å²) in [5.41, 5.74) is 7.56. The van der Waals surface area contributed by atoms with Crippen molar-refractivity contribution in [2.75, 3.05) is 21.3 Å². The minimum absolute atomic E-state index is 0.0679. The zero-order valence-electron chi connectivity index (χ0n) is 21.9. The summed E-state index contributed by atoms with van der Waals surface area (Å²) in [7, 11) is 4.25. The molecule has 3 aromatic rings. The highest BCUT2D eigenvalue weighted by Gasteiger charge is 2.39. The lowest BCUT2D eigenvalue weighted by molar-refractivity contribution is -0.324. The van der Waals surface area contributed by atoms with Gasteiger partial charge in [0, 0.05) is 22.6 Å². The monoisotopic (exact) mass is 577 g/mol. The van der Waals surface area contributed by atoms with E-state index in [1.807, 2.05) is 0 Å². The van der Waals surface area contributed by atoms with Crippen molar-refractivity contribution in [2.45, 2.75) is 37.9 Å². The molecule has 4 rings (SSSR count). The fourth-order valence-corrected chi connectivity index (χ4v) is 4.63. The fourth-order valence-electron chi connectivity index (χ4n) is 4.45. The van der Waals surface area contributed by atoms with Crippen molar-refractivity contribution in [1.82, 2.24) is 4.98 Å². The molecule has 3 N–H and O–H groups in total. The normalized spacial score (nSPS) is 16.9. The minimum Gasteiger partial charge on any atom is -0.493 e. The summed E-state index contributed by atoms with van der Waals surface area (Å²) >= 11 is 6.34. The Bertz CT molecular complexity index is 1440. The Kier molecular flexibility index (Phi) is 9.00. The Hall–Kier alpha value is -4.03. The van der Waals surface area contributed by atoms with Crippen LogP contribution in [0.15, 0.2) is 47.0 Å². The average molecular weight is 578 g/mol. The van der Waals surface area contributed by atoms with Crippen LogP contribution in [0, 0.1) is 5.41 Å². The molecule has 0 fully saturated rings. The molecule has 2 atom stereocenters. The lowest BCUT2D eigenvalue weighted by atomic mass is 9.98. The standard InChI is InChI=1S/C27H27ClF2N4O6/c1-36-19-6-4-5-16(24(19)38-3)23-17-11-14(28)7-9-18(17)34(27(32)25(29)30)26(31)20(40-23)12-21-33-13-15(39-21)8-10-22(35)37-2/h4-7,9,11,13,20,23,25,31-32H,8,10,12H2,1-3H3/p+1/t20?,23-/m1/s1. The van der Waals surface area contributed by atoms with Crippen LogP contribution in [0.25, 0.3) is 0 Å². The summed E-state index contributed by atoms with van der Waals surface area (Å²) in [5.74, 6) is -0.230. The van der Waals surface area contributed by atoms with E-state index in [4.69, 9.17) is 41.4 Å². The SMILES string of the molecule is COC(=O)CCc1cnc(CC2O[C@H](c3cccc(OC)c3OC)c3cc(Cl)ccc3[N+](C(=N)C(F)F)=C2N)o1. The zero-order valence-corrected chi connectivity index (χ0v) is 22.7. The molecule has 0 saturated heterocycles. The Morgan fingerprint density at radius 1 is 1.20 bits per heavy atom. The molecule has 1 aromatic heterocycles. The molecule has 1 aliphatic rings. The van der Waals surface area contributed by atoms with Gasteiger partial charge in [-0.05, 0) is 24.3 Å². The molecule has 10 nitrogen and oxygen atoms in total. The molecular formula is C27H28ClF2N4O6+. The van der Waals surface area contributed by atoms with Crippen LogP contribution in [-0.4, -0.2) is 61.1 Å². The predicted octanol–water partition coefficient (Wildman–Crippen LogP) is 4.43. The number of fused-ring (bicyclic) bond motifs is 1. The van der Waals surface area contributed by atoms with E-state index in [-0.39, 0.29) is 36.7 Å². The Morgan fingerprint density at radius 2 is 1.98 bits per heavy atom. The first-order chi connectivity index (χ1) is 19.2. The van der Waals surface area contributed by atoms with Crippen molar-refractivity contribution in [1.29, 1.82) is 5.41 Å². The summed E-state index contributed by atoms with van der Waals surface area (Å²) in [6, 6.07) is 9.77. The van der Waals surface area contributed by atoms with Crippen molar-refractivity contribution >= 4 is 34.9 Å². The Labute approximate surface area is 233 Å². The fraction of sp³-hybridized carbons (Fsp3) is 0.333. The third-order valence-corrected chi connectivity index (χ3v) is 6.56. The number of halogens is 3. The third-order valence-electron chi connectivity index (χ3n) is 6.33. The number of amidine groups is 2. The van der Waals surface area contributed by atoms with E-state index in [1.54, 1.807) is 24.3 Å². The van der Waals surface area contributed by atoms with Gasteiger partial charge in [-0.25, -0.2) is 4.98 Å². The van der Waals surface area contributed by atoms with Gasteiger partial charge in [-0.15, -0.1) is 0 Å². The second-order valence-corrected chi connectivity index (χ2v) is 9.17. The number of oxazole rings is 1. The molecule has 2 heterocycles. The summed E-state index contributed by atoms with van der Waals surface area (Å²) in [6.45, 7) is 0. The van der Waals surface area contributed by atoms with Crippen molar-refractivity contribution in [3.8, 4) is 11.5 Å². The minimum atomic E-state index is -3.14. The van der Waals surface area contributed by atoms with E-state index in [2.05, 4.69) is 9.72 Å². The van der Waals surface area contributed by atoms with E-state index < -0.39 is 30.4 Å². The molecule has 0 radical (unpaired) electrons. The molecule has 2 aromatic carbocycles. The van der Waals surface area contributed by atoms with E-state index in [0.29, 0.717) is 33.4 Å². The first kappa shape index (κ1) is 29.0. The van der Waals surface area contributed by atoms with Crippen LogP contribution in [-0.2, 0) is 27.1 Å². The lowest BCUT2D eigenvalue weighted by Crippen LogP contribution is -2.42. The maximum Gasteiger partial charge on any atom is 0.325 e. The van der Waals surface area contributed by atoms with Crippen molar-refractivity contribution in [3.05, 3.63) is 70.4 Å². The van der Waals surface area contributed by atoms with E-state index in [0.717, 1.165) is 4.58 Å². The number of ether oxygens (including phenoxy) is 4. The van der Waals surface area contributed by atoms with Gasteiger partial charge in [0.1, 0.15) is 17.6 Å². The van der Waals surface area contributed by atoms with Crippen LogP contribution in [0.3, 0.4) is 0 Å². The number of rotatable bonds is 9. The topological polar surface area (TPSA) is 133 Å². The van der Waals surface area contributed by atoms with Crippen LogP contribution >= 0.6 is 11.6 Å². The molecule has 40 heavy (non-hydrogen) atoms. The van der Waals surface area contributed by atoms with Crippen LogP contribution in [0.5, 0.6) is 11.5 Å². The lowest BCUT2D eigenvalue weighted by Gasteiger charge is -2.24. The second kappa shape index (κ2) is 12.4. The Morgan fingerprint density at radius 3 is 2.65 bits per heavy atom. The molecule has 0 aliphatic carbocycles. The van der Waals surface area contributed by atoms with Crippen molar-refractivity contribution < 1.29 is 41.5 Å². The molecule has 0 spiro atoms. The number of alkyl halides is 2. The molecule has 0 amide bonds. The van der Waals surface area contributed by atoms with E-state index >= 15 is 0 Å². The highest BCUT2D eigenvalue weighted by Crippen LogP contribution is 2.44. The first-order valence-corrected chi connectivity index (χ1v) is 12.5. The first-order valence-electron chi connectivity index (χ1n) is 12.1. The number of hydrogen-bond acceptors (Lipinski definition) is 9. The maximum atomic E-state index is 14.0. The Balaban J connectivity index is 1.84. The molecule has 1 unspecified atom stereocenters. The molecule has 1 aliphatic heterocycles. The zero-order chi connectivity index (χ0) is 29.0. The number of aromatic nitrogens is 1. The van der Waals surface area contributed by atoms with Crippen LogP contribution in [0.4, 0.5) is 14.5 Å². The molecule has 0 bridgehead atoms. The second-order valence-electron chi connectivity index (χ2n) is 8.74. The number of esters is 1. The summed E-state index contributed by atoms with van der Waals surface area (Å²) in [4.78, 5) is 15.8. The number of carbonyl (C=O) groups is 1. The summed E-state index contributed by atoms with van der Waals surface area (Å²) in [5, 5.41) is 8.53. The predicted molar refractivity (Wildman–Crippen MR) is 141 cm³/mol. The third kappa shape index (κ3) is 5.92. The molecule has 13 heteroatoms. The quantitative estimate of drug-likeness (QED) is 0.165. The van der Waals surface area contributed by atoms with Gasteiger partial charge in [0.2, 0.25) is 5.84 Å². The van der Waals surface area contributed by atoms with Gasteiger partial charge >= 0.3 is 18.2 Å². The van der Waals surface area contributed by atoms with Gasteiger partial charge in [0.05, 0.1) is 40.4 Å². The maximum absolute atomic E-state index is 14.0.